The highest BCUT2D eigenvalue weighted by Gasteiger charge is 2.26. The minimum atomic E-state index is -0.462. The van der Waals surface area contributed by atoms with Crippen molar-refractivity contribution >= 4 is 11.6 Å². The summed E-state index contributed by atoms with van der Waals surface area (Å²) in [5.41, 5.74) is 6.14. The Hall–Kier alpha value is -1.62. The number of nitrogens with one attached hydrogen (secondary N) is 1. The Morgan fingerprint density at radius 3 is 2.94 bits per heavy atom. The molecule has 1 saturated carbocycles. The number of carbonyl (C=O) groups is 1. The molecule has 3 N–H and O–H groups in total. The molecule has 98 valence electrons. The molecular formula is C13H17FN2O2. The Morgan fingerprint density at radius 2 is 2.28 bits per heavy atom. The minimum absolute atomic E-state index is 0.0742. The van der Waals surface area contributed by atoms with Gasteiger partial charge in [-0.3, -0.25) is 4.79 Å². The van der Waals surface area contributed by atoms with E-state index in [-0.39, 0.29) is 29.3 Å². The van der Waals surface area contributed by atoms with E-state index in [0.29, 0.717) is 0 Å². The van der Waals surface area contributed by atoms with Gasteiger partial charge >= 0.3 is 0 Å². The Balaban J connectivity index is 2.02. The lowest BCUT2D eigenvalue weighted by Gasteiger charge is -2.14. The summed E-state index contributed by atoms with van der Waals surface area (Å²) in [6.45, 7) is 0. The summed E-state index contributed by atoms with van der Waals surface area (Å²) in [4.78, 5) is 12.0. The molecule has 1 aromatic rings. The smallest absolute Gasteiger partial charge is 0.253 e. The van der Waals surface area contributed by atoms with Crippen molar-refractivity contribution in [1.82, 2.24) is 5.32 Å². The number of amides is 1. The fourth-order valence-electron chi connectivity index (χ4n) is 2.27. The van der Waals surface area contributed by atoms with Gasteiger partial charge in [-0.2, -0.15) is 0 Å². The molecule has 1 aliphatic rings. The van der Waals surface area contributed by atoms with Crippen LogP contribution in [0.5, 0.6) is 0 Å². The molecule has 0 bridgehead atoms. The van der Waals surface area contributed by atoms with Crippen LogP contribution in [-0.4, -0.2) is 25.2 Å². The number of hydrogen-bond donors (Lipinski definition) is 2. The molecule has 1 aromatic carbocycles. The maximum Gasteiger partial charge on any atom is 0.253 e. The molecule has 0 spiro atoms. The zero-order valence-electron chi connectivity index (χ0n) is 10.3. The van der Waals surface area contributed by atoms with E-state index in [2.05, 4.69) is 5.32 Å². The van der Waals surface area contributed by atoms with E-state index in [1.54, 1.807) is 7.11 Å². The summed E-state index contributed by atoms with van der Waals surface area (Å²) in [6, 6.07) is 3.87. The Bertz CT molecular complexity index is 451. The van der Waals surface area contributed by atoms with Gasteiger partial charge in [-0.05, 0) is 37.5 Å². The molecule has 0 heterocycles. The van der Waals surface area contributed by atoms with E-state index in [1.807, 2.05) is 0 Å². The first kappa shape index (κ1) is 12.8. The average Bonchev–Trinajstić information content (AvgIpc) is 2.80. The third-order valence-electron chi connectivity index (χ3n) is 3.31. The predicted molar refractivity (Wildman–Crippen MR) is 66.7 cm³/mol. The predicted octanol–water partition coefficient (Wildman–Crippen LogP) is 1.71. The van der Waals surface area contributed by atoms with Crippen molar-refractivity contribution in [3.05, 3.63) is 29.6 Å². The van der Waals surface area contributed by atoms with Crippen LogP contribution >= 0.6 is 0 Å². The van der Waals surface area contributed by atoms with Crippen molar-refractivity contribution in [2.24, 2.45) is 0 Å². The monoisotopic (exact) mass is 252 g/mol. The van der Waals surface area contributed by atoms with Crippen molar-refractivity contribution in [3.63, 3.8) is 0 Å². The van der Waals surface area contributed by atoms with Gasteiger partial charge in [0.2, 0.25) is 0 Å². The summed E-state index contributed by atoms with van der Waals surface area (Å²) >= 11 is 0. The van der Waals surface area contributed by atoms with E-state index >= 15 is 0 Å². The topological polar surface area (TPSA) is 64.3 Å². The van der Waals surface area contributed by atoms with Crippen LogP contribution < -0.4 is 11.1 Å². The van der Waals surface area contributed by atoms with Crippen molar-refractivity contribution in [2.45, 2.75) is 31.4 Å². The number of methoxy groups -OCH3 is 1. The standard InChI is InChI=1S/C13H17FN2O2/c1-18-10-4-3-9(7-10)16-13(17)11-6-8(14)2-5-12(11)15/h2,5-6,9-10H,3-4,7,15H2,1H3,(H,16,17). The number of benzene rings is 1. The quantitative estimate of drug-likeness (QED) is 0.805. The molecule has 2 rings (SSSR count). The minimum Gasteiger partial charge on any atom is -0.398 e. The second-order valence-corrected chi connectivity index (χ2v) is 4.57. The van der Waals surface area contributed by atoms with Crippen LogP contribution in [0.15, 0.2) is 18.2 Å². The van der Waals surface area contributed by atoms with Gasteiger partial charge in [-0.15, -0.1) is 0 Å². The van der Waals surface area contributed by atoms with Gasteiger partial charge in [0.25, 0.3) is 5.91 Å². The van der Waals surface area contributed by atoms with Crippen LogP contribution in [0.3, 0.4) is 0 Å². The van der Waals surface area contributed by atoms with E-state index < -0.39 is 5.82 Å². The number of hydrogen-bond acceptors (Lipinski definition) is 3. The molecule has 1 aliphatic carbocycles. The van der Waals surface area contributed by atoms with E-state index in [4.69, 9.17) is 10.5 Å². The summed E-state index contributed by atoms with van der Waals surface area (Å²) in [5.74, 6) is -0.788. The van der Waals surface area contributed by atoms with E-state index in [0.717, 1.165) is 25.3 Å². The second kappa shape index (κ2) is 5.35. The molecule has 5 heteroatoms. The third kappa shape index (κ3) is 2.79. The fraction of sp³-hybridized carbons (Fsp3) is 0.462. The van der Waals surface area contributed by atoms with Gasteiger partial charge in [0.15, 0.2) is 0 Å². The molecule has 0 saturated heterocycles. The highest BCUT2D eigenvalue weighted by molar-refractivity contribution is 5.99. The average molecular weight is 252 g/mol. The summed E-state index contributed by atoms with van der Waals surface area (Å²) in [5, 5.41) is 2.86. The van der Waals surface area contributed by atoms with Gasteiger partial charge in [0.05, 0.1) is 11.7 Å². The molecule has 1 fully saturated rings. The summed E-state index contributed by atoms with van der Waals surface area (Å²) in [7, 11) is 1.67. The zero-order chi connectivity index (χ0) is 13.1. The fourth-order valence-corrected chi connectivity index (χ4v) is 2.27. The van der Waals surface area contributed by atoms with E-state index in [1.165, 1.54) is 12.1 Å². The number of anilines is 1. The molecule has 1 amide bonds. The normalized spacial score (nSPS) is 23.0. The molecule has 4 nitrogen and oxygen atoms in total. The van der Waals surface area contributed by atoms with Gasteiger partial charge in [0.1, 0.15) is 5.82 Å². The lowest BCUT2D eigenvalue weighted by atomic mass is 10.1. The first-order valence-corrected chi connectivity index (χ1v) is 5.99. The molecule has 2 unspecified atom stereocenters. The van der Waals surface area contributed by atoms with Crippen LogP contribution in [0.4, 0.5) is 10.1 Å². The highest BCUT2D eigenvalue weighted by Crippen LogP contribution is 2.22. The van der Waals surface area contributed by atoms with Crippen LogP contribution in [0.2, 0.25) is 0 Å². The molecule has 0 radical (unpaired) electrons. The van der Waals surface area contributed by atoms with Crippen molar-refractivity contribution in [2.75, 3.05) is 12.8 Å². The van der Waals surface area contributed by atoms with Crippen molar-refractivity contribution < 1.29 is 13.9 Å². The van der Waals surface area contributed by atoms with Crippen LogP contribution in [0.25, 0.3) is 0 Å². The van der Waals surface area contributed by atoms with Gasteiger partial charge in [-0.25, -0.2) is 4.39 Å². The highest BCUT2D eigenvalue weighted by atomic mass is 19.1. The zero-order valence-corrected chi connectivity index (χ0v) is 10.3. The molecule has 0 aromatic heterocycles. The number of nitrogens with two attached hydrogens (primary N) is 1. The molecule has 2 atom stereocenters. The van der Waals surface area contributed by atoms with Crippen LogP contribution in [-0.2, 0) is 4.74 Å². The van der Waals surface area contributed by atoms with Gasteiger partial charge in [-0.1, -0.05) is 0 Å². The van der Waals surface area contributed by atoms with Crippen molar-refractivity contribution in [3.8, 4) is 0 Å². The first-order valence-electron chi connectivity index (χ1n) is 5.99. The Morgan fingerprint density at radius 1 is 1.50 bits per heavy atom. The SMILES string of the molecule is COC1CCC(NC(=O)c2cc(F)ccc2N)C1. The van der Waals surface area contributed by atoms with Crippen LogP contribution in [0.1, 0.15) is 29.6 Å². The lowest BCUT2D eigenvalue weighted by Crippen LogP contribution is -2.33. The second-order valence-electron chi connectivity index (χ2n) is 4.57. The first-order chi connectivity index (χ1) is 8.60. The number of halogens is 1. The van der Waals surface area contributed by atoms with E-state index in [9.17, 15) is 9.18 Å². The Kier molecular flexibility index (Phi) is 3.81. The molecule has 18 heavy (non-hydrogen) atoms. The number of carbonyl (C=O) groups excluding carboxylic acids is 1. The molecule has 0 aliphatic heterocycles. The molecular weight excluding hydrogens is 235 g/mol. The van der Waals surface area contributed by atoms with Crippen molar-refractivity contribution in [1.29, 1.82) is 0 Å². The van der Waals surface area contributed by atoms with Gasteiger partial charge < -0.3 is 15.8 Å². The number of rotatable bonds is 3. The summed E-state index contributed by atoms with van der Waals surface area (Å²) in [6.07, 6.45) is 2.79. The Labute approximate surface area is 105 Å². The summed E-state index contributed by atoms with van der Waals surface area (Å²) < 4.78 is 18.3. The third-order valence-corrected chi connectivity index (χ3v) is 3.31. The largest absolute Gasteiger partial charge is 0.398 e. The number of nitrogen functional groups attached to an aromatic ring is 1. The van der Waals surface area contributed by atoms with Gasteiger partial charge in [0, 0.05) is 18.8 Å². The maximum atomic E-state index is 13.1. The lowest BCUT2D eigenvalue weighted by molar-refractivity contribution is 0.0915. The van der Waals surface area contributed by atoms with Crippen LogP contribution in [0, 0.1) is 5.82 Å². The maximum absolute atomic E-state index is 13.1. The number of ether oxygens (including phenoxy) is 1.